The molecule has 0 radical (unpaired) electrons. The highest BCUT2D eigenvalue weighted by atomic mass is 32.1. The number of hydrogen-bond acceptors (Lipinski definition) is 5. The van der Waals surface area contributed by atoms with Gasteiger partial charge in [-0.05, 0) is 19.1 Å². The van der Waals surface area contributed by atoms with E-state index in [2.05, 4.69) is 10.3 Å². The second-order valence-corrected chi connectivity index (χ2v) is 4.14. The van der Waals surface area contributed by atoms with Crippen LogP contribution in [0.3, 0.4) is 0 Å². The molecule has 1 aromatic carbocycles. The molecule has 5 heteroatoms. The van der Waals surface area contributed by atoms with Gasteiger partial charge < -0.3 is 14.8 Å². The van der Waals surface area contributed by atoms with Crippen LogP contribution in [0.1, 0.15) is 6.92 Å². The van der Waals surface area contributed by atoms with Crippen molar-refractivity contribution < 1.29 is 9.47 Å². The van der Waals surface area contributed by atoms with E-state index in [4.69, 9.17) is 9.47 Å². The number of rotatable bonds is 4. The highest BCUT2D eigenvalue weighted by molar-refractivity contribution is 7.22. The quantitative estimate of drug-likeness (QED) is 0.889. The smallest absolute Gasteiger partial charge is 0.183 e. The van der Waals surface area contributed by atoms with E-state index in [9.17, 15) is 0 Å². The minimum Gasteiger partial charge on any atom is -0.495 e. The maximum absolute atomic E-state index is 5.54. The summed E-state index contributed by atoms with van der Waals surface area (Å²) < 4.78 is 11.9. The molecule has 1 heterocycles. The van der Waals surface area contributed by atoms with Gasteiger partial charge in [-0.25, -0.2) is 4.98 Å². The van der Waals surface area contributed by atoms with Crippen LogP contribution in [0.15, 0.2) is 12.1 Å². The molecular weight excluding hydrogens is 224 g/mol. The Morgan fingerprint density at radius 2 is 2.12 bits per heavy atom. The van der Waals surface area contributed by atoms with Crippen LogP contribution in [-0.2, 0) is 0 Å². The van der Waals surface area contributed by atoms with Crippen molar-refractivity contribution in [3.63, 3.8) is 0 Å². The van der Waals surface area contributed by atoms with E-state index in [-0.39, 0.29) is 0 Å². The van der Waals surface area contributed by atoms with Gasteiger partial charge in [-0.2, -0.15) is 0 Å². The molecule has 0 aliphatic carbocycles. The lowest BCUT2D eigenvalue weighted by Gasteiger charge is -2.05. The van der Waals surface area contributed by atoms with Crippen LogP contribution in [-0.4, -0.2) is 25.7 Å². The van der Waals surface area contributed by atoms with E-state index >= 15 is 0 Å². The normalized spacial score (nSPS) is 10.4. The summed E-state index contributed by atoms with van der Waals surface area (Å²) in [4.78, 5) is 4.46. The molecule has 4 nitrogen and oxygen atoms in total. The lowest BCUT2D eigenvalue weighted by Crippen LogP contribution is -1.93. The molecule has 2 rings (SSSR count). The maximum atomic E-state index is 5.54. The van der Waals surface area contributed by atoms with Gasteiger partial charge in [0, 0.05) is 7.05 Å². The zero-order chi connectivity index (χ0) is 11.5. The number of nitrogens with zero attached hydrogens (tertiary/aromatic N) is 1. The molecule has 0 bridgehead atoms. The topological polar surface area (TPSA) is 43.4 Å². The van der Waals surface area contributed by atoms with Gasteiger partial charge >= 0.3 is 0 Å². The van der Waals surface area contributed by atoms with Gasteiger partial charge in [0.05, 0.1) is 13.7 Å². The molecule has 1 N–H and O–H groups in total. The first-order valence-corrected chi connectivity index (χ1v) is 5.89. The van der Waals surface area contributed by atoms with Gasteiger partial charge in [-0.3, -0.25) is 0 Å². The highest BCUT2D eigenvalue weighted by Gasteiger charge is 2.12. The van der Waals surface area contributed by atoms with Gasteiger partial charge in [0.15, 0.2) is 5.13 Å². The summed E-state index contributed by atoms with van der Waals surface area (Å²) >= 11 is 1.56. The van der Waals surface area contributed by atoms with Crippen molar-refractivity contribution in [3.05, 3.63) is 12.1 Å². The summed E-state index contributed by atoms with van der Waals surface area (Å²) in [5.41, 5.74) is 0.857. The predicted molar refractivity (Wildman–Crippen MR) is 66.9 cm³/mol. The zero-order valence-electron chi connectivity index (χ0n) is 9.53. The molecule has 0 saturated carbocycles. The van der Waals surface area contributed by atoms with E-state index in [1.165, 1.54) is 0 Å². The minimum absolute atomic E-state index is 0.633. The Hall–Kier alpha value is -1.49. The fraction of sp³-hybridized carbons (Fsp3) is 0.364. The van der Waals surface area contributed by atoms with Crippen molar-refractivity contribution in [2.24, 2.45) is 0 Å². The van der Waals surface area contributed by atoms with Crippen molar-refractivity contribution in [1.29, 1.82) is 0 Å². The van der Waals surface area contributed by atoms with Gasteiger partial charge in [-0.1, -0.05) is 11.3 Å². The van der Waals surface area contributed by atoms with Crippen molar-refractivity contribution in [1.82, 2.24) is 4.98 Å². The number of methoxy groups -OCH3 is 1. The number of benzene rings is 1. The first-order chi connectivity index (χ1) is 7.80. The molecule has 0 saturated heterocycles. The van der Waals surface area contributed by atoms with Gasteiger partial charge in [0.2, 0.25) is 0 Å². The molecule has 0 unspecified atom stereocenters. The van der Waals surface area contributed by atoms with Crippen LogP contribution in [0.4, 0.5) is 5.13 Å². The molecule has 0 fully saturated rings. The summed E-state index contributed by atoms with van der Waals surface area (Å²) in [6.45, 7) is 2.59. The zero-order valence-corrected chi connectivity index (χ0v) is 10.4. The second-order valence-electron chi connectivity index (χ2n) is 3.15. The molecule has 0 aliphatic rings. The first-order valence-electron chi connectivity index (χ1n) is 5.08. The van der Waals surface area contributed by atoms with Crippen LogP contribution >= 0.6 is 11.3 Å². The summed E-state index contributed by atoms with van der Waals surface area (Å²) in [7, 11) is 3.51. The number of ether oxygens (including phenoxy) is 2. The molecule has 0 amide bonds. The Bertz CT molecular complexity index is 496. The molecule has 0 spiro atoms. The summed E-state index contributed by atoms with van der Waals surface area (Å²) in [5, 5.41) is 3.89. The Morgan fingerprint density at radius 1 is 1.38 bits per heavy atom. The second kappa shape index (κ2) is 4.57. The highest BCUT2D eigenvalue weighted by Crippen LogP contribution is 2.38. The van der Waals surface area contributed by atoms with Crippen LogP contribution in [0.5, 0.6) is 11.5 Å². The van der Waals surface area contributed by atoms with E-state index in [1.54, 1.807) is 18.4 Å². The average Bonchev–Trinajstić information content (AvgIpc) is 2.74. The summed E-state index contributed by atoms with van der Waals surface area (Å²) in [6.07, 6.45) is 0. The van der Waals surface area contributed by atoms with Gasteiger partial charge in [-0.15, -0.1) is 0 Å². The van der Waals surface area contributed by atoms with Crippen molar-refractivity contribution in [2.75, 3.05) is 26.1 Å². The Kier molecular flexibility index (Phi) is 3.14. The summed E-state index contributed by atoms with van der Waals surface area (Å²) in [6, 6.07) is 3.80. The monoisotopic (exact) mass is 238 g/mol. The van der Waals surface area contributed by atoms with E-state index < -0.39 is 0 Å². The van der Waals surface area contributed by atoms with Gasteiger partial charge in [0.25, 0.3) is 0 Å². The molecule has 0 atom stereocenters. The summed E-state index contributed by atoms with van der Waals surface area (Å²) in [5.74, 6) is 1.63. The number of aromatic nitrogens is 1. The van der Waals surface area contributed by atoms with Crippen molar-refractivity contribution in [3.8, 4) is 11.5 Å². The fourth-order valence-corrected chi connectivity index (χ4v) is 2.43. The minimum atomic E-state index is 0.633. The number of nitrogens with one attached hydrogen (secondary N) is 1. The maximum Gasteiger partial charge on any atom is 0.183 e. The molecule has 1 aromatic heterocycles. The number of anilines is 1. The fourth-order valence-electron chi connectivity index (χ4n) is 1.50. The van der Waals surface area contributed by atoms with E-state index in [0.717, 1.165) is 26.8 Å². The number of thiazole rings is 1. The molecule has 0 aliphatic heterocycles. The average molecular weight is 238 g/mol. The Labute approximate surface area is 98.2 Å². The predicted octanol–water partition coefficient (Wildman–Crippen LogP) is 2.75. The van der Waals surface area contributed by atoms with Crippen LogP contribution < -0.4 is 14.8 Å². The number of hydrogen-bond donors (Lipinski definition) is 1. The van der Waals surface area contributed by atoms with Gasteiger partial charge in [0.1, 0.15) is 21.7 Å². The first kappa shape index (κ1) is 11.0. The van der Waals surface area contributed by atoms with E-state index in [0.29, 0.717) is 6.61 Å². The third kappa shape index (κ3) is 1.78. The largest absolute Gasteiger partial charge is 0.495 e. The van der Waals surface area contributed by atoms with Crippen LogP contribution in [0.25, 0.3) is 10.2 Å². The van der Waals surface area contributed by atoms with Crippen molar-refractivity contribution >= 4 is 26.7 Å². The molecular formula is C11H14N2O2S. The lowest BCUT2D eigenvalue weighted by molar-refractivity contribution is 0.343. The standard InChI is InChI=1S/C11H14N2O2S/c1-4-15-7-5-6-8(14-3)10-9(7)13-11(12-2)16-10/h5-6H,4H2,1-3H3,(H,12,13). The lowest BCUT2D eigenvalue weighted by atomic mass is 10.3. The SMILES string of the molecule is CCOc1ccc(OC)c2sc(NC)nc12. The van der Waals surface area contributed by atoms with Crippen LogP contribution in [0.2, 0.25) is 0 Å². The van der Waals surface area contributed by atoms with Crippen LogP contribution in [0, 0.1) is 0 Å². The third-order valence-corrected chi connectivity index (χ3v) is 3.29. The Morgan fingerprint density at radius 3 is 2.75 bits per heavy atom. The molecule has 86 valence electrons. The van der Waals surface area contributed by atoms with Crippen molar-refractivity contribution in [2.45, 2.75) is 6.92 Å². The Balaban J connectivity index is 2.62. The number of fused-ring (bicyclic) bond motifs is 1. The molecule has 2 aromatic rings. The van der Waals surface area contributed by atoms with E-state index in [1.807, 2.05) is 26.1 Å². The molecule has 16 heavy (non-hydrogen) atoms. The third-order valence-electron chi connectivity index (χ3n) is 2.20.